The first-order valence-corrected chi connectivity index (χ1v) is 5.26. The zero-order valence-corrected chi connectivity index (χ0v) is 9.78. The first-order valence-electron chi connectivity index (χ1n) is 4.45. The highest BCUT2D eigenvalue weighted by Gasteiger charge is 2.09. The van der Waals surface area contributed by atoms with Gasteiger partial charge in [0.2, 0.25) is 0 Å². The fourth-order valence-corrected chi connectivity index (χ4v) is 2.02. The number of hydrogen-bond acceptors (Lipinski definition) is 7. The van der Waals surface area contributed by atoms with Crippen LogP contribution in [0.3, 0.4) is 0 Å². The molecule has 0 saturated heterocycles. The maximum Gasteiger partial charge on any atom is 0.185 e. The molecule has 1 aromatic heterocycles. The molecule has 0 amide bonds. The number of thiazole rings is 1. The molecule has 0 aliphatic heterocycles. The first-order chi connectivity index (χ1) is 7.00. The second-order valence-electron chi connectivity index (χ2n) is 3.24. The molecule has 7 heteroatoms. The molecule has 0 fully saturated rings. The normalized spacial score (nSPS) is 11.1. The number of rotatable bonds is 5. The molecule has 0 saturated carbocycles. The van der Waals surface area contributed by atoms with Gasteiger partial charge >= 0.3 is 0 Å². The second kappa shape index (κ2) is 5.38. The van der Waals surface area contributed by atoms with E-state index in [0.717, 1.165) is 15.7 Å². The Morgan fingerprint density at radius 3 is 2.53 bits per heavy atom. The molecule has 6 nitrogen and oxygen atoms in total. The number of nitrogens with zero attached hydrogens (tertiary/aromatic N) is 3. The summed E-state index contributed by atoms with van der Waals surface area (Å²) in [6.07, 6.45) is 0.606. The molecule has 2 N–H and O–H groups in total. The highest BCUT2D eigenvalue weighted by Crippen LogP contribution is 2.24. The van der Waals surface area contributed by atoms with Crippen molar-refractivity contribution in [2.24, 2.45) is 0 Å². The molecule has 0 aromatic carbocycles. The summed E-state index contributed by atoms with van der Waals surface area (Å²) in [7, 11) is 3.86. The van der Waals surface area contributed by atoms with Crippen molar-refractivity contribution >= 4 is 16.5 Å². The van der Waals surface area contributed by atoms with Crippen LogP contribution in [-0.2, 0) is 11.3 Å². The van der Waals surface area contributed by atoms with Crippen molar-refractivity contribution < 1.29 is 15.3 Å². The monoisotopic (exact) mass is 233 g/mol. The van der Waals surface area contributed by atoms with E-state index in [1.807, 2.05) is 25.9 Å². The van der Waals surface area contributed by atoms with Gasteiger partial charge in [-0.15, -0.1) is 11.3 Å². The van der Waals surface area contributed by atoms with Crippen molar-refractivity contribution in [3.05, 3.63) is 10.6 Å². The molecular weight excluding hydrogens is 218 g/mol. The summed E-state index contributed by atoms with van der Waals surface area (Å²) in [4.78, 5) is 11.9. The molecule has 0 aliphatic carbocycles. The van der Waals surface area contributed by atoms with Crippen molar-refractivity contribution in [2.45, 2.75) is 13.3 Å². The topological polar surface area (TPSA) is 69.1 Å². The number of anilines is 1. The van der Waals surface area contributed by atoms with Crippen molar-refractivity contribution in [3.63, 3.8) is 0 Å². The van der Waals surface area contributed by atoms with Crippen LogP contribution in [0.25, 0.3) is 0 Å². The lowest BCUT2D eigenvalue weighted by Crippen LogP contribution is -2.16. The highest BCUT2D eigenvalue weighted by atomic mass is 32.1. The Morgan fingerprint density at radius 2 is 2.07 bits per heavy atom. The Bertz CT molecular complexity index is 314. The summed E-state index contributed by atoms with van der Waals surface area (Å²) in [6.45, 7) is 2.14. The predicted molar refractivity (Wildman–Crippen MR) is 56.2 cm³/mol. The third kappa shape index (κ3) is 3.73. The molecule has 0 unspecified atom stereocenters. The van der Waals surface area contributed by atoms with E-state index in [2.05, 4.69) is 9.82 Å². The van der Waals surface area contributed by atoms with Gasteiger partial charge in [-0.25, -0.2) is 4.98 Å². The fraction of sp³-hybridized carbons (Fsp3) is 0.625. The maximum absolute atomic E-state index is 8.34. The summed E-state index contributed by atoms with van der Waals surface area (Å²) in [5.74, 6) is 0. The third-order valence-corrected chi connectivity index (χ3v) is 3.18. The van der Waals surface area contributed by atoms with Crippen LogP contribution in [0.1, 0.15) is 10.6 Å². The molecule has 1 heterocycles. The smallest absolute Gasteiger partial charge is 0.185 e. The van der Waals surface area contributed by atoms with Gasteiger partial charge < -0.3 is 4.90 Å². The Morgan fingerprint density at radius 1 is 1.40 bits per heavy atom. The molecule has 0 bridgehead atoms. The average molecular weight is 233 g/mol. The lowest BCUT2D eigenvalue weighted by molar-refractivity contribution is -0.492. The SMILES string of the molecule is Cc1nc(N(C)C)sc1CCON(O)O. The van der Waals surface area contributed by atoms with Crippen LogP contribution in [0.2, 0.25) is 0 Å². The van der Waals surface area contributed by atoms with Gasteiger partial charge in [0.25, 0.3) is 0 Å². The van der Waals surface area contributed by atoms with E-state index in [4.69, 9.17) is 10.4 Å². The van der Waals surface area contributed by atoms with E-state index in [1.165, 1.54) is 0 Å². The van der Waals surface area contributed by atoms with Gasteiger partial charge in [0, 0.05) is 25.4 Å². The zero-order valence-electron chi connectivity index (χ0n) is 8.97. The number of hydrogen-bond donors (Lipinski definition) is 2. The minimum atomic E-state index is -0.275. The van der Waals surface area contributed by atoms with Gasteiger partial charge in [0.05, 0.1) is 17.7 Å². The fourth-order valence-electron chi connectivity index (χ4n) is 1.06. The minimum absolute atomic E-state index is 0.211. The molecule has 1 rings (SSSR count). The van der Waals surface area contributed by atoms with Crippen molar-refractivity contribution in [2.75, 3.05) is 25.6 Å². The van der Waals surface area contributed by atoms with Crippen molar-refractivity contribution in [1.29, 1.82) is 0 Å². The largest absolute Gasteiger partial charge is 0.354 e. The van der Waals surface area contributed by atoms with Gasteiger partial charge in [0.1, 0.15) is 0 Å². The Labute approximate surface area is 92.2 Å². The van der Waals surface area contributed by atoms with E-state index in [0.29, 0.717) is 6.42 Å². The summed E-state index contributed by atoms with van der Waals surface area (Å²) in [5, 5.41) is 17.3. The molecule has 15 heavy (non-hydrogen) atoms. The quantitative estimate of drug-likeness (QED) is 0.741. The van der Waals surface area contributed by atoms with Crippen LogP contribution in [0.4, 0.5) is 5.13 Å². The molecule has 0 atom stereocenters. The van der Waals surface area contributed by atoms with Gasteiger partial charge in [-0.3, -0.25) is 15.3 Å². The highest BCUT2D eigenvalue weighted by molar-refractivity contribution is 7.15. The molecule has 86 valence electrons. The standard InChI is InChI=1S/C8H15N3O3S/c1-6-7(4-5-14-11(12)13)15-8(9-6)10(2)3/h12-13H,4-5H2,1-3H3. The minimum Gasteiger partial charge on any atom is -0.354 e. The lowest BCUT2D eigenvalue weighted by Gasteiger charge is -2.05. The summed E-state index contributed by atoms with van der Waals surface area (Å²) in [5.41, 5.74) is 0.953. The average Bonchev–Trinajstić information content (AvgIpc) is 2.47. The number of aryl methyl sites for hydroxylation is 1. The predicted octanol–water partition coefficient (Wildman–Crippen LogP) is 1.07. The van der Waals surface area contributed by atoms with E-state index in [1.54, 1.807) is 11.3 Å². The summed E-state index contributed by atoms with van der Waals surface area (Å²) in [6, 6.07) is 0. The Hall–Kier alpha value is -0.730. The van der Waals surface area contributed by atoms with Gasteiger partial charge in [-0.1, -0.05) is 0 Å². The van der Waals surface area contributed by atoms with E-state index in [9.17, 15) is 0 Å². The summed E-state index contributed by atoms with van der Waals surface area (Å²) >= 11 is 1.57. The van der Waals surface area contributed by atoms with Gasteiger partial charge in [-0.05, 0) is 6.92 Å². The van der Waals surface area contributed by atoms with Crippen LogP contribution < -0.4 is 4.90 Å². The van der Waals surface area contributed by atoms with Crippen molar-refractivity contribution in [3.8, 4) is 0 Å². The Balaban J connectivity index is 2.53. The Kier molecular flexibility index (Phi) is 4.43. The summed E-state index contributed by atoms with van der Waals surface area (Å²) < 4.78 is 0. The van der Waals surface area contributed by atoms with Crippen LogP contribution in [-0.4, -0.2) is 41.5 Å². The lowest BCUT2D eigenvalue weighted by atomic mass is 10.3. The molecule has 1 aromatic rings. The zero-order chi connectivity index (χ0) is 11.4. The molecule has 0 spiro atoms. The van der Waals surface area contributed by atoms with E-state index < -0.39 is 0 Å². The second-order valence-corrected chi connectivity index (χ2v) is 4.30. The van der Waals surface area contributed by atoms with Gasteiger partial charge in [-0.2, -0.15) is 0 Å². The van der Waals surface area contributed by atoms with Crippen LogP contribution in [0.5, 0.6) is 0 Å². The van der Waals surface area contributed by atoms with E-state index >= 15 is 0 Å². The maximum atomic E-state index is 8.34. The van der Waals surface area contributed by atoms with Crippen molar-refractivity contribution in [1.82, 2.24) is 10.4 Å². The van der Waals surface area contributed by atoms with Crippen LogP contribution in [0.15, 0.2) is 0 Å². The third-order valence-electron chi connectivity index (χ3n) is 1.80. The van der Waals surface area contributed by atoms with Gasteiger partial charge in [0.15, 0.2) is 5.13 Å². The number of aromatic nitrogens is 1. The van der Waals surface area contributed by atoms with Crippen LogP contribution in [0, 0.1) is 6.92 Å². The molecular formula is C8H15N3O3S. The van der Waals surface area contributed by atoms with Crippen LogP contribution >= 0.6 is 11.3 Å². The first kappa shape index (κ1) is 12.3. The van der Waals surface area contributed by atoms with E-state index in [-0.39, 0.29) is 12.0 Å². The molecule has 0 aliphatic rings. The molecule has 0 radical (unpaired) electrons.